The van der Waals surface area contributed by atoms with Crippen LogP contribution in [-0.4, -0.2) is 44.4 Å². The molecule has 0 radical (unpaired) electrons. The second kappa shape index (κ2) is 7.95. The van der Waals surface area contributed by atoms with Crippen LogP contribution in [0, 0.1) is 10.1 Å². The summed E-state index contributed by atoms with van der Waals surface area (Å²) in [6, 6.07) is 5.51. The van der Waals surface area contributed by atoms with E-state index >= 15 is 0 Å². The molecule has 40 heavy (non-hydrogen) atoms. The molecule has 0 bridgehead atoms. The monoisotopic (exact) mass is 539 g/mol. The van der Waals surface area contributed by atoms with Gasteiger partial charge >= 0.3 is 5.70 Å². The van der Waals surface area contributed by atoms with Crippen LogP contribution in [0.2, 0.25) is 0 Å². The van der Waals surface area contributed by atoms with E-state index < -0.39 is 61.9 Å². The SMILES string of the molecule is CC1(C)C=Cc2c(ccc3c2C(=O)C(C2=C(O)c4ccc5c(c4C(=O)C2=O)C=CC(C)(C)O5)=C([N+](=O)[O-])C3=O)O1. The fourth-order valence-corrected chi connectivity index (χ4v) is 5.37. The van der Waals surface area contributed by atoms with Gasteiger partial charge in [-0.15, -0.1) is 0 Å². The summed E-state index contributed by atoms with van der Waals surface area (Å²) in [7, 11) is 0. The highest BCUT2D eigenvalue weighted by molar-refractivity contribution is 6.55. The van der Waals surface area contributed by atoms with Gasteiger partial charge < -0.3 is 14.6 Å². The first-order valence-corrected chi connectivity index (χ1v) is 12.3. The van der Waals surface area contributed by atoms with E-state index in [0.717, 1.165) is 0 Å². The molecule has 200 valence electrons. The van der Waals surface area contributed by atoms with Gasteiger partial charge in [-0.05, 0) is 64.1 Å². The van der Waals surface area contributed by atoms with Gasteiger partial charge in [-0.3, -0.25) is 29.3 Å². The summed E-state index contributed by atoms with van der Waals surface area (Å²) in [6.45, 7) is 7.15. The number of hydrogen-bond acceptors (Lipinski definition) is 9. The second-order valence-electron chi connectivity index (χ2n) is 10.9. The molecule has 2 aliphatic carbocycles. The van der Waals surface area contributed by atoms with E-state index in [1.165, 1.54) is 24.3 Å². The minimum Gasteiger partial charge on any atom is -0.506 e. The zero-order valence-corrected chi connectivity index (χ0v) is 21.8. The molecule has 6 rings (SSSR count). The molecule has 2 heterocycles. The minimum absolute atomic E-state index is 0.118. The lowest BCUT2D eigenvalue weighted by Crippen LogP contribution is -2.35. The van der Waals surface area contributed by atoms with Crippen molar-refractivity contribution < 1.29 is 38.7 Å². The number of carbonyl (C=O) groups excluding carboxylic acids is 4. The molecule has 0 unspecified atom stereocenters. The van der Waals surface area contributed by atoms with Gasteiger partial charge in [0.25, 0.3) is 5.78 Å². The first-order valence-electron chi connectivity index (χ1n) is 12.3. The maximum absolute atomic E-state index is 14.0. The van der Waals surface area contributed by atoms with Gasteiger partial charge in [0, 0.05) is 33.4 Å². The highest BCUT2D eigenvalue weighted by Crippen LogP contribution is 2.45. The van der Waals surface area contributed by atoms with Crippen molar-refractivity contribution in [2.75, 3.05) is 0 Å². The van der Waals surface area contributed by atoms with Crippen LogP contribution in [0.25, 0.3) is 17.9 Å². The molecule has 2 aliphatic heterocycles. The summed E-state index contributed by atoms with van der Waals surface area (Å²) in [5.74, 6) is -4.91. The Morgan fingerprint density at radius 1 is 0.700 bits per heavy atom. The molecule has 4 aliphatic rings. The number of carbonyl (C=O) groups is 4. The summed E-state index contributed by atoms with van der Waals surface area (Å²) in [5.41, 5.74) is -4.75. The Morgan fingerprint density at radius 3 is 1.73 bits per heavy atom. The highest BCUT2D eigenvalue weighted by Gasteiger charge is 2.49. The van der Waals surface area contributed by atoms with E-state index in [2.05, 4.69) is 0 Å². The van der Waals surface area contributed by atoms with Crippen LogP contribution in [0.15, 0.2) is 53.3 Å². The zero-order valence-electron chi connectivity index (χ0n) is 21.8. The summed E-state index contributed by atoms with van der Waals surface area (Å²) in [4.78, 5) is 65.5. The molecule has 0 spiro atoms. The Kier molecular flexibility index (Phi) is 5.00. The van der Waals surface area contributed by atoms with Crippen molar-refractivity contribution in [1.29, 1.82) is 0 Å². The lowest BCUT2D eigenvalue weighted by molar-refractivity contribution is -0.417. The molecular weight excluding hydrogens is 518 g/mol. The lowest BCUT2D eigenvalue weighted by Gasteiger charge is -2.31. The zero-order chi connectivity index (χ0) is 28.9. The third-order valence-corrected chi connectivity index (χ3v) is 7.20. The first kappa shape index (κ1) is 25.2. The Balaban J connectivity index is 1.61. The van der Waals surface area contributed by atoms with Crippen LogP contribution in [0.5, 0.6) is 11.5 Å². The van der Waals surface area contributed by atoms with Crippen LogP contribution >= 0.6 is 0 Å². The number of ether oxygens (including phenoxy) is 2. The van der Waals surface area contributed by atoms with Gasteiger partial charge in [-0.25, -0.2) is 0 Å². The molecule has 0 saturated carbocycles. The number of rotatable bonds is 2. The summed E-state index contributed by atoms with van der Waals surface area (Å²) in [6.07, 6.45) is 6.49. The maximum atomic E-state index is 14.0. The van der Waals surface area contributed by atoms with Gasteiger partial charge in [0.05, 0.1) is 10.5 Å². The molecule has 0 atom stereocenters. The summed E-state index contributed by atoms with van der Waals surface area (Å²) >= 11 is 0. The predicted octanol–water partition coefficient (Wildman–Crippen LogP) is 4.70. The van der Waals surface area contributed by atoms with Crippen LogP contribution in [0.4, 0.5) is 0 Å². The van der Waals surface area contributed by atoms with Gasteiger partial charge in [0.15, 0.2) is 0 Å². The van der Waals surface area contributed by atoms with E-state index in [9.17, 15) is 34.4 Å². The third kappa shape index (κ3) is 3.42. The maximum Gasteiger partial charge on any atom is 0.328 e. The van der Waals surface area contributed by atoms with Crippen LogP contribution in [0.3, 0.4) is 0 Å². The van der Waals surface area contributed by atoms with E-state index in [1.807, 2.05) is 0 Å². The van der Waals surface area contributed by atoms with Crippen molar-refractivity contribution in [1.82, 2.24) is 0 Å². The topological polar surface area (TPSA) is 150 Å². The molecule has 0 fully saturated rings. The molecule has 1 N–H and O–H groups in total. The Hall–Kier alpha value is -5.12. The van der Waals surface area contributed by atoms with E-state index in [4.69, 9.17) is 9.47 Å². The van der Waals surface area contributed by atoms with Crippen molar-refractivity contribution in [3.05, 3.63) is 96.8 Å². The van der Waals surface area contributed by atoms with E-state index in [1.54, 1.807) is 52.0 Å². The number of hydrogen-bond donors (Lipinski definition) is 1. The molecular formula is C30H21NO9. The Morgan fingerprint density at radius 2 is 1.20 bits per heavy atom. The van der Waals surface area contributed by atoms with E-state index in [-0.39, 0.29) is 39.1 Å². The number of aliphatic hydroxyl groups excluding tert-OH is 1. The molecule has 2 aromatic carbocycles. The van der Waals surface area contributed by atoms with Crippen molar-refractivity contribution in [3.63, 3.8) is 0 Å². The van der Waals surface area contributed by atoms with Crippen molar-refractivity contribution in [3.8, 4) is 11.5 Å². The average Bonchev–Trinajstić information content (AvgIpc) is 2.87. The second-order valence-corrected chi connectivity index (χ2v) is 10.9. The number of ketones is 4. The molecule has 0 saturated heterocycles. The number of aliphatic hydroxyl groups is 1. The van der Waals surface area contributed by atoms with Gasteiger partial charge in [-0.2, -0.15) is 0 Å². The fourth-order valence-electron chi connectivity index (χ4n) is 5.37. The number of benzene rings is 2. The molecule has 0 amide bonds. The Bertz CT molecular complexity index is 1800. The summed E-state index contributed by atoms with van der Waals surface area (Å²) < 4.78 is 11.8. The molecule has 10 heteroatoms. The predicted molar refractivity (Wildman–Crippen MR) is 142 cm³/mol. The quantitative estimate of drug-likeness (QED) is 0.325. The number of fused-ring (bicyclic) bond motifs is 6. The van der Waals surface area contributed by atoms with E-state index in [0.29, 0.717) is 5.75 Å². The smallest absolute Gasteiger partial charge is 0.328 e. The lowest BCUT2D eigenvalue weighted by atomic mass is 9.75. The number of allylic oxidation sites excluding steroid dienone is 3. The normalized spacial score (nSPS) is 19.9. The minimum atomic E-state index is -1.35. The van der Waals surface area contributed by atoms with Crippen LogP contribution < -0.4 is 9.47 Å². The number of Topliss-reactive ketones (excluding diaryl/α,β-unsaturated/α-hetero) is 4. The van der Waals surface area contributed by atoms with Crippen molar-refractivity contribution in [2.24, 2.45) is 0 Å². The number of nitro groups is 1. The third-order valence-electron chi connectivity index (χ3n) is 7.20. The Labute approximate surface area is 227 Å². The number of nitrogens with zero attached hydrogens (tertiary/aromatic N) is 1. The van der Waals surface area contributed by atoms with Crippen LogP contribution in [-0.2, 0) is 4.79 Å². The summed E-state index contributed by atoms with van der Waals surface area (Å²) in [5, 5.41) is 23.5. The highest BCUT2D eigenvalue weighted by atomic mass is 16.6. The van der Waals surface area contributed by atoms with Gasteiger partial charge in [-0.1, -0.05) is 12.2 Å². The van der Waals surface area contributed by atoms with Gasteiger partial charge in [0.2, 0.25) is 17.3 Å². The van der Waals surface area contributed by atoms with Gasteiger partial charge in [0.1, 0.15) is 34.0 Å². The molecule has 2 aromatic rings. The molecule has 10 nitrogen and oxygen atoms in total. The fraction of sp³-hybridized carbons (Fsp3) is 0.200. The standard InChI is InChI=1S/C30H21NO9/c1-29(2)11-9-13-17(39-29)8-6-16-19(13)26(34)21(23(25(16)33)31(37)38)22-24(32)15-5-7-18-14(10-12-30(3,4)40-18)20(15)27(35)28(22)36/h5-12,32H,1-4H3. The van der Waals surface area contributed by atoms with Crippen LogP contribution in [0.1, 0.15) is 75.5 Å². The van der Waals surface area contributed by atoms with Crippen molar-refractivity contribution in [2.45, 2.75) is 38.9 Å². The molecule has 0 aromatic heterocycles. The van der Waals surface area contributed by atoms with Crippen molar-refractivity contribution >= 4 is 41.0 Å². The average molecular weight is 539 g/mol. The largest absolute Gasteiger partial charge is 0.506 e. The first-order chi connectivity index (χ1) is 18.7.